The standard InChI is InChI=1S/C29H35N5O2/c35-28-27(20-16-30-29(36)31-17-20)32-25-9-1-2-10-26(25)34(28)24-14-21-7-4-8-22(15-24)33(21)23-12-18-5-3-6-19(11-18)13-23/h1-2,9-10,16-19,21-24H,3-8,11-15H2,(H,30,31,36)/t18-,19+,21-,22+,23+,24+. The van der Waals surface area contributed by atoms with E-state index < -0.39 is 5.69 Å². The van der Waals surface area contributed by atoms with Crippen molar-refractivity contribution in [3.05, 3.63) is 57.5 Å². The van der Waals surface area contributed by atoms with Gasteiger partial charge in [-0.25, -0.2) is 14.8 Å². The van der Waals surface area contributed by atoms with E-state index in [-0.39, 0.29) is 11.6 Å². The van der Waals surface area contributed by atoms with Crippen LogP contribution in [0.15, 0.2) is 46.2 Å². The van der Waals surface area contributed by atoms with Crippen molar-refractivity contribution in [3.8, 4) is 11.3 Å². The number of piperidine rings is 2. The van der Waals surface area contributed by atoms with E-state index in [9.17, 15) is 9.59 Å². The minimum Gasteiger partial charge on any atom is -0.312 e. The predicted molar refractivity (Wildman–Crippen MR) is 140 cm³/mol. The Labute approximate surface area is 211 Å². The third-order valence-electron chi connectivity index (χ3n) is 9.64. The van der Waals surface area contributed by atoms with Crippen molar-refractivity contribution in [2.24, 2.45) is 11.8 Å². The molecule has 7 nitrogen and oxygen atoms in total. The van der Waals surface area contributed by atoms with Gasteiger partial charge in [0.1, 0.15) is 5.69 Å². The number of aromatic amines is 1. The first-order valence-corrected chi connectivity index (χ1v) is 14.0. The zero-order valence-corrected chi connectivity index (χ0v) is 20.8. The highest BCUT2D eigenvalue weighted by Crippen LogP contribution is 2.47. The first kappa shape index (κ1) is 22.4. The minimum absolute atomic E-state index is 0.0775. The fraction of sp³-hybridized carbons (Fsp3) is 0.586. The highest BCUT2D eigenvalue weighted by Gasteiger charge is 2.45. The molecule has 0 spiro atoms. The predicted octanol–water partition coefficient (Wildman–Crippen LogP) is 4.67. The third-order valence-corrected chi connectivity index (χ3v) is 9.64. The van der Waals surface area contributed by atoms with Gasteiger partial charge in [-0.15, -0.1) is 0 Å². The van der Waals surface area contributed by atoms with Crippen LogP contribution in [-0.2, 0) is 0 Å². The summed E-state index contributed by atoms with van der Waals surface area (Å²) >= 11 is 0. The Balaban J connectivity index is 1.26. The number of hydrogen-bond acceptors (Lipinski definition) is 5. The lowest BCUT2D eigenvalue weighted by atomic mass is 9.68. The van der Waals surface area contributed by atoms with E-state index in [2.05, 4.69) is 14.9 Å². The van der Waals surface area contributed by atoms with Gasteiger partial charge >= 0.3 is 5.69 Å². The molecule has 2 aliphatic carbocycles. The highest BCUT2D eigenvalue weighted by atomic mass is 16.1. The molecule has 0 amide bonds. The Bertz CT molecular complexity index is 1350. The van der Waals surface area contributed by atoms with Gasteiger partial charge in [-0.2, -0.15) is 0 Å². The summed E-state index contributed by atoms with van der Waals surface area (Å²) in [5.74, 6) is 1.86. The van der Waals surface area contributed by atoms with Crippen LogP contribution in [0.25, 0.3) is 22.3 Å². The van der Waals surface area contributed by atoms with Crippen molar-refractivity contribution in [2.45, 2.75) is 94.8 Å². The lowest BCUT2D eigenvalue weighted by Crippen LogP contribution is -2.58. The molecule has 4 heterocycles. The molecule has 2 saturated heterocycles. The Morgan fingerprint density at radius 3 is 2.25 bits per heavy atom. The summed E-state index contributed by atoms with van der Waals surface area (Å²) in [5, 5.41) is 0. The van der Waals surface area contributed by atoms with Crippen LogP contribution in [-0.4, -0.2) is 42.5 Å². The van der Waals surface area contributed by atoms with Gasteiger partial charge in [0.25, 0.3) is 5.56 Å². The fourth-order valence-corrected chi connectivity index (χ4v) is 8.31. The van der Waals surface area contributed by atoms with Crippen molar-refractivity contribution in [2.75, 3.05) is 0 Å². The van der Waals surface area contributed by atoms with E-state index in [4.69, 9.17) is 4.98 Å². The quantitative estimate of drug-likeness (QED) is 0.583. The lowest BCUT2D eigenvalue weighted by molar-refractivity contribution is -0.0485. The number of hydrogen-bond donors (Lipinski definition) is 1. The number of benzene rings is 1. The molecule has 7 rings (SSSR count). The van der Waals surface area contributed by atoms with E-state index >= 15 is 0 Å². The molecule has 2 aliphatic heterocycles. The number of nitrogens with one attached hydrogen (secondary N) is 1. The molecule has 1 N–H and O–H groups in total. The van der Waals surface area contributed by atoms with Crippen molar-refractivity contribution < 1.29 is 0 Å². The highest BCUT2D eigenvalue weighted by molar-refractivity contribution is 5.77. The monoisotopic (exact) mass is 485 g/mol. The second-order valence-electron chi connectivity index (χ2n) is 11.8. The molecular weight excluding hydrogens is 450 g/mol. The Kier molecular flexibility index (Phi) is 5.57. The first-order chi connectivity index (χ1) is 17.6. The molecule has 1 aromatic carbocycles. The van der Waals surface area contributed by atoms with Gasteiger partial charge in [0.2, 0.25) is 0 Å². The van der Waals surface area contributed by atoms with Crippen molar-refractivity contribution in [1.29, 1.82) is 0 Å². The van der Waals surface area contributed by atoms with E-state index in [1.54, 1.807) is 6.20 Å². The number of para-hydroxylation sites is 2. The molecule has 188 valence electrons. The smallest absolute Gasteiger partial charge is 0.312 e. The molecule has 4 aliphatic rings. The Hall–Kier alpha value is -2.80. The van der Waals surface area contributed by atoms with Crippen LogP contribution in [0.4, 0.5) is 0 Å². The van der Waals surface area contributed by atoms with Crippen molar-refractivity contribution >= 4 is 11.0 Å². The first-order valence-electron chi connectivity index (χ1n) is 14.0. The largest absolute Gasteiger partial charge is 0.344 e. The maximum atomic E-state index is 14.0. The van der Waals surface area contributed by atoms with Gasteiger partial charge in [-0.3, -0.25) is 9.69 Å². The molecule has 0 radical (unpaired) electrons. The van der Waals surface area contributed by atoms with Crippen LogP contribution < -0.4 is 11.2 Å². The maximum absolute atomic E-state index is 14.0. The fourth-order valence-electron chi connectivity index (χ4n) is 8.31. The van der Waals surface area contributed by atoms with Gasteiger partial charge in [-0.1, -0.05) is 37.8 Å². The minimum atomic E-state index is -0.424. The Morgan fingerprint density at radius 1 is 0.806 bits per heavy atom. The number of H-pyrrole nitrogens is 1. The summed E-state index contributed by atoms with van der Waals surface area (Å²) in [6.07, 6.45) is 17.4. The van der Waals surface area contributed by atoms with Gasteiger partial charge in [0, 0.05) is 42.1 Å². The van der Waals surface area contributed by atoms with Crippen LogP contribution in [0, 0.1) is 11.8 Å². The van der Waals surface area contributed by atoms with Crippen LogP contribution >= 0.6 is 0 Å². The van der Waals surface area contributed by atoms with Gasteiger partial charge in [0.15, 0.2) is 0 Å². The average Bonchev–Trinajstić information content (AvgIpc) is 2.88. The number of aromatic nitrogens is 4. The van der Waals surface area contributed by atoms with Gasteiger partial charge in [-0.05, 0) is 68.9 Å². The molecular formula is C29H35N5O2. The summed E-state index contributed by atoms with van der Waals surface area (Å²) in [7, 11) is 0. The topological polar surface area (TPSA) is 83.9 Å². The van der Waals surface area contributed by atoms with Gasteiger partial charge in [0.05, 0.1) is 11.0 Å². The van der Waals surface area contributed by atoms with Crippen LogP contribution in [0.2, 0.25) is 0 Å². The molecule has 36 heavy (non-hydrogen) atoms. The van der Waals surface area contributed by atoms with Crippen LogP contribution in [0.1, 0.15) is 76.7 Å². The second kappa shape index (κ2) is 8.94. The molecule has 2 aromatic heterocycles. The summed E-state index contributed by atoms with van der Waals surface area (Å²) in [6.45, 7) is 0. The van der Waals surface area contributed by atoms with E-state index in [1.165, 1.54) is 64.0 Å². The number of nitrogens with zero attached hydrogens (tertiary/aromatic N) is 4. The molecule has 0 unspecified atom stereocenters. The molecule has 2 saturated carbocycles. The summed E-state index contributed by atoms with van der Waals surface area (Å²) < 4.78 is 2.03. The summed E-state index contributed by atoms with van der Waals surface area (Å²) in [6, 6.07) is 9.99. The normalized spacial score (nSPS) is 32.4. The maximum Gasteiger partial charge on any atom is 0.344 e. The van der Waals surface area contributed by atoms with E-state index in [0.717, 1.165) is 41.8 Å². The lowest BCUT2D eigenvalue weighted by Gasteiger charge is -2.55. The third kappa shape index (κ3) is 3.83. The summed E-state index contributed by atoms with van der Waals surface area (Å²) in [5.41, 5.74) is 2.15. The molecule has 4 fully saturated rings. The second-order valence-corrected chi connectivity index (χ2v) is 11.8. The molecule has 4 bridgehead atoms. The zero-order valence-electron chi connectivity index (χ0n) is 20.8. The van der Waals surface area contributed by atoms with Crippen LogP contribution in [0.5, 0.6) is 0 Å². The Morgan fingerprint density at radius 2 is 1.53 bits per heavy atom. The van der Waals surface area contributed by atoms with E-state index in [0.29, 0.717) is 23.3 Å². The van der Waals surface area contributed by atoms with Crippen molar-refractivity contribution in [1.82, 2.24) is 24.4 Å². The summed E-state index contributed by atoms with van der Waals surface area (Å²) in [4.78, 5) is 39.6. The van der Waals surface area contributed by atoms with E-state index in [1.807, 2.05) is 28.8 Å². The molecule has 7 heteroatoms. The average molecular weight is 486 g/mol. The number of fused-ring (bicyclic) bond motifs is 5. The number of rotatable bonds is 3. The molecule has 6 atom stereocenters. The molecule has 3 aromatic rings. The SMILES string of the molecule is O=c1ncc(-c2nc3ccccc3n([C@H]3C[C@H]4CCC[C@@H](C3)N4[C@H]3C[C@@H]4CCC[C@@H](C4)C3)c2=O)c[nH]1. The van der Waals surface area contributed by atoms with Gasteiger partial charge < -0.3 is 9.55 Å². The zero-order chi connectivity index (χ0) is 24.2. The van der Waals surface area contributed by atoms with Crippen molar-refractivity contribution in [3.63, 3.8) is 0 Å². The van der Waals surface area contributed by atoms with Crippen LogP contribution in [0.3, 0.4) is 0 Å².